The lowest BCUT2D eigenvalue weighted by Gasteiger charge is -2.24. The van der Waals surface area contributed by atoms with Crippen LogP contribution in [0.25, 0.3) is 0 Å². The summed E-state index contributed by atoms with van der Waals surface area (Å²) in [4.78, 5) is 30.4. The number of carbonyl (C=O) groups excluding carboxylic acids is 2. The van der Waals surface area contributed by atoms with Gasteiger partial charge in [0.05, 0.1) is 6.61 Å². The minimum atomic E-state index is -0.534. The first-order valence-electron chi connectivity index (χ1n) is 6.92. The van der Waals surface area contributed by atoms with Gasteiger partial charge >= 0.3 is 12.1 Å². The van der Waals surface area contributed by atoms with E-state index in [2.05, 4.69) is 10.3 Å². The van der Waals surface area contributed by atoms with Gasteiger partial charge in [-0.15, -0.1) is 0 Å². The largest absolute Gasteiger partial charge is 0.449 e. The predicted octanol–water partition coefficient (Wildman–Crippen LogP) is 1.64. The highest BCUT2D eigenvalue weighted by atomic mass is 16.6. The van der Waals surface area contributed by atoms with Gasteiger partial charge in [0.2, 0.25) is 5.96 Å². The van der Waals surface area contributed by atoms with Gasteiger partial charge in [0.25, 0.3) is 0 Å². The highest BCUT2D eigenvalue weighted by Gasteiger charge is 2.21. The zero-order valence-electron chi connectivity index (χ0n) is 12.7. The van der Waals surface area contributed by atoms with Crippen molar-refractivity contribution in [3.05, 3.63) is 0 Å². The molecule has 0 radical (unpaired) electrons. The summed E-state index contributed by atoms with van der Waals surface area (Å²) in [5, 5.41) is 2.86. The second kappa shape index (κ2) is 7.72. The van der Waals surface area contributed by atoms with E-state index < -0.39 is 12.1 Å². The van der Waals surface area contributed by atoms with Crippen molar-refractivity contribution in [3.63, 3.8) is 0 Å². The van der Waals surface area contributed by atoms with Crippen molar-refractivity contribution in [3.8, 4) is 0 Å². The average molecular weight is 284 g/mol. The van der Waals surface area contributed by atoms with Crippen LogP contribution in [0, 0.1) is 0 Å². The molecule has 0 atom stereocenters. The monoisotopic (exact) mass is 284 g/mol. The Bertz CT molecular complexity index is 376. The van der Waals surface area contributed by atoms with Crippen LogP contribution in [-0.4, -0.2) is 61.7 Å². The molecule has 20 heavy (non-hydrogen) atoms. The summed E-state index contributed by atoms with van der Waals surface area (Å²) in [6, 6.07) is -0.223. The molecule has 0 unspecified atom stereocenters. The zero-order valence-corrected chi connectivity index (χ0v) is 12.7. The number of ether oxygens (including phenoxy) is 1. The summed E-state index contributed by atoms with van der Waals surface area (Å²) in [6.45, 7) is 2.00. The molecule has 0 bridgehead atoms. The quantitative estimate of drug-likeness (QED) is 0.618. The van der Waals surface area contributed by atoms with Crippen LogP contribution in [0.4, 0.5) is 9.59 Å². The number of guanidine groups is 1. The van der Waals surface area contributed by atoms with Gasteiger partial charge in [-0.1, -0.05) is 12.8 Å². The molecule has 0 aromatic carbocycles. The molecule has 1 saturated carbocycles. The van der Waals surface area contributed by atoms with Gasteiger partial charge in [0.15, 0.2) is 0 Å². The van der Waals surface area contributed by atoms with Crippen molar-refractivity contribution in [2.45, 2.75) is 38.6 Å². The minimum absolute atomic E-state index is 0.197. The molecular weight excluding hydrogens is 260 g/mol. The van der Waals surface area contributed by atoms with E-state index >= 15 is 0 Å². The summed E-state index contributed by atoms with van der Waals surface area (Å²) >= 11 is 0. The molecule has 0 aromatic heterocycles. The topological polar surface area (TPSA) is 74.2 Å². The fourth-order valence-corrected chi connectivity index (χ4v) is 2.14. The number of urea groups is 1. The summed E-state index contributed by atoms with van der Waals surface area (Å²) in [5.74, 6) is 0.249. The zero-order chi connectivity index (χ0) is 15.1. The number of rotatable bonds is 2. The Hall–Kier alpha value is -1.79. The lowest BCUT2D eigenvalue weighted by Crippen LogP contribution is -2.43. The van der Waals surface area contributed by atoms with Crippen molar-refractivity contribution in [1.29, 1.82) is 0 Å². The Labute approximate surface area is 120 Å². The maximum Gasteiger partial charge on any atom is 0.416 e. The van der Waals surface area contributed by atoms with E-state index in [0.29, 0.717) is 0 Å². The van der Waals surface area contributed by atoms with Crippen molar-refractivity contribution >= 4 is 18.1 Å². The molecule has 1 fully saturated rings. The lowest BCUT2D eigenvalue weighted by molar-refractivity contribution is 0.131. The van der Waals surface area contributed by atoms with Gasteiger partial charge in [-0.25, -0.2) is 9.59 Å². The van der Waals surface area contributed by atoms with Crippen molar-refractivity contribution in [2.75, 3.05) is 27.7 Å². The summed E-state index contributed by atoms with van der Waals surface area (Å²) in [6.07, 6.45) is 3.72. The first-order valence-corrected chi connectivity index (χ1v) is 6.92. The number of hydrogen-bond acceptors (Lipinski definition) is 3. The molecule has 0 aliphatic heterocycles. The van der Waals surface area contributed by atoms with Gasteiger partial charge in [-0.3, -0.25) is 4.90 Å². The maximum absolute atomic E-state index is 11.9. The molecule has 1 rings (SSSR count). The second-order valence-corrected chi connectivity index (χ2v) is 5.00. The van der Waals surface area contributed by atoms with Crippen LogP contribution >= 0.6 is 0 Å². The maximum atomic E-state index is 11.9. The summed E-state index contributed by atoms with van der Waals surface area (Å²) in [5.41, 5.74) is 0. The SMILES string of the molecule is CCOC(=O)N(C)/C(=N/C(=O)NC1CCCC1)N(C)C. The highest BCUT2D eigenvalue weighted by Crippen LogP contribution is 2.17. The number of nitrogens with one attached hydrogen (secondary N) is 1. The molecule has 3 amide bonds. The standard InChI is InChI=1S/C13H24N4O3/c1-5-20-13(19)17(4)12(16(2)3)15-11(18)14-10-8-6-7-9-10/h10H,5-9H2,1-4H3,(H,14,18)/b15-12+. The van der Waals surface area contributed by atoms with E-state index in [1.807, 2.05) is 0 Å². The Balaban J connectivity index is 2.70. The molecule has 0 saturated heterocycles. The summed E-state index contributed by atoms with van der Waals surface area (Å²) in [7, 11) is 4.97. The summed E-state index contributed by atoms with van der Waals surface area (Å²) < 4.78 is 4.90. The van der Waals surface area contributed by atoms with Crippen LogP contribution in [0.1, 0.15) is 32.6 Å². The predicted molar refractivity (Wildman–Crippen MR) is 76.7 cm³/mol. The van der Waals surface area contributed by atoms with Crippen molar-refractivity contribution in [2.24, 2.45) is 4.99 Å². The van der Waals surface area contributed by atoms with E-state index in [-0.39, 0.29) is 18.6 Å². The van der Waals surface area contributed by atoms with Crippen molar-refractivity contribution in [1.82, 2.24) is 15.1 Å². The van der Waals surface area contributed by atoms with Gasteiger partial charge in [-0.05, 0) is 19.8 Å². The first kappa shape index (κ1) is 16.3. The molecule has 7 heteroatoms. The number of carbonyl (C=O) groups is 2. The van der Waals surface area contributed by atoms with E-state index in [4.69, 9.17) is 4.74 Å². The van der Waals surface area contributed by atoms with Gasteiger partial charge < -0.3 is 15.0 Å². The molecular formula is C13H24N4O3. The van der Waals surface area contributed by atoms with Gasteiger partial charge in [0.1, 0.15) is 0 Å². The number of hydrogen-bond donors (Lipinski definition) is 1. The van der Waals surface area contributed by atoms with E-state index in [0.717, 1.165) is 25.7 Å². The number of amides is 3. The number of aliphatic imine (C=N–C) groups is 1. The van der Waals surface area contributed by atoms with E-state index in [1.54, 1.807) is 25.9 Å². The third kappa shape index (κ3) is 4.71. The van der Waals surface area contributed by atoms with Crippen LogP contribution in [0.5, 0.6) is 0 Å². The second-order valence-electron chi connectivity index (χ2n) is 5.00. The molecule has 7 nitrogen and oxygen atoms in total. The Morgan fingerprint density at radius 3 is 2.35 bits per heavy atom. The third-order valence-corrected chi connectivity index (χ3v) is 3.13. The minimum Gasteiger partial charge on any atom is -0.449 e. The Morgan fingerprint density at radius 1 is 1.25 bits per heavy atom. The molecule has 1 N–H and O–H groups in total. The molecule has 0 spiro atoms. The van der Waals surface area contributed by atoms with Crippen molar-refractivity contribution < 1.29 is 14.3 Å². The number of nitrogens with zero attached hydrogens (tertiary/aromatic N) is 3. The van der Waals surface area contributed by atoms with Crippen LogP contribution in [0.15, 0.2) is 4.99 Å². The highest BCUT2D eigenvalue weighted by molar-refractivity contribution is 5.99. The molecule has 1 aliphatic rings. The first-order chi connectivity index (χ1) is 9.45. The van der Waals surface area contributed by atoms with Crippen LogP contribution in [-0.2, 0) is 4.74 Å². The van der Waals surface area contributed by atoms with E-state index in [9.17, 15) is 9.59 Å². The Morgan fingerprint density at radius 2 is 1.85 bits per heavy atom. The van der Waals surface area contributed by atoms with Crippen LogP contribution in [0.3, 0.4) is 0 Å². The lowest BCUT2D eigenvalue weighted by atomic mass is 10.3. The fourth-order valence-electron chi connectivity index (χ4n) is 2.14. The fraction of sp³-hybridized carbons (Fsp3) is 0.769. The Kier molecular flexibility index (Phi) is 6.27. The average Bonchev–Trinajstić information content (AvgIpc) is 2.87. The molecule has 0 heterocycles. The molecule has 1 aliphatic carbocycles. The van der Waals surface area contributed by atoms with Crippen LogP contribution in [0.2, 0.25) is 0 Å². The molecule has 114 valence electrons. The third-order valence-electron chi connectivity index (χ3n) is 3.13. The smallest absolute Gasteiger partial charge is 0.416 e. The molecule has 0 aromatic rings. The normalized spacial score (nSPS) is 15.9. The van der Waals surface area contributed by atoms with Gasteiger partial charge in [0, 0.05) is 27.2 Å². The van der Waals surface area contributed by atoms with Crippen LogP contribution < -0.4 is 5.32 Å². The van der Waals surface area contributed by atoms with E-state index in [1.165, 1.54) is 11.9 Å². The van der Waals surface area contributed by atoms with Gasteiger partial charge in [-0.2, -0.15) is 4.99 Å².